The van der Waals surface area contributed by atoms with Crippen LogP contribution in [0, 0.1) is 0 Å². The molecule has 5 aromatic rings. The number of ether oxygens (including phenoxy) is 5. The zero-order valence-corrected chi connectivity index (χ0v) is 46.7. The van der Waals surface area contributed by atoms with E-state index in [1.165, 1.54) is 38.4 Å². The first-order valence-electron chi connectivity index (χ1n) is 24.9. The first-order valence-corrected chi connectivity index (χ1v) is 24.9. The summed E-state index contributed by atoms with van der Waals surface area (Å²) in [5.74, 6) is 0.541. The minimum atomic E-state index is -0.553. The molecule has 11 amide bonds. The maximum absolute atomic E-state index is 11.4. The highest BCUT2D eigenvalue weighted by Crippen LogP contribution is 2.18. The molecule has 11 N–H and O–H groups in total. The maximum atomic E-state index is 11.4. The highest BCUT2D eigenvalue weighted by molar-refractivity contribution is 5.98. The highest BCUT2D eigenvalue weighted by Gasteiger charge is 2.10. The van der Waals surface area contributed by atoms with Crippen LogP contribution < -0.4 is 72.7 Å². The molecule has 26 nitrogen and oxygen atoms in total. The van der Waals surface area contributed by atoms with Gasteiger partial charge in [0.05, 0.1) is 13.7 Å². The smallest absolute Gasteiger partial charge is 0.412 e. The van der Waals surface area contributed by atoms with Crippen LogP contribution in [0.5, 0.6) is 17.2 Å². The maximum Gasteiger partial charge on any atom is 0.412 e. The summed E-state index contributed by atoms with van der Waals surface area (Å²) in [6.07, 6.45) is -2.64. The number of amides is 11. The van der Waals surface area contributed by atoms with Gasteiger partial charge in [0, 0.05) is 93.7 Å². The minimum Gasteiger partial charge on any atom is -0.453 e. The lowest BCUT2D eigenvalue weighted by Gasteiger charge is -2.07. The van der Waals surface area contributed by atoms with Crippen LogP contribution in [0.4, 0.5) is 45.8 Å². The third-order valence-electron chi connectivity index (χ3n) is 9.43. The number of urea groups is 1. The van der Waals surface area contributed by atoms with E-state index in [4.69, 9.17) is 18.9 Å². The van der Waals surface area contributed by atoms with Gasteiger partial charge in [0.1, 0.15) is 17.2 Å². The van der Waals surface area contributed by atoms with Crippen LogP contribution in [0.3, 0.4) is 0 Å². The lowest BCUT2D eigenvalue weighted by molar-refractivity contribution is 0.0946. The second-order valence-electron chi connectivity index (χ2n) is 15.3. The fraction of sp³-hybridized carbons (Fsp3) is 0.273. The van der Waals surface area contributed by atoms with Gasteiger partial charge in [-0.15, -0.1) is 0 Å². The molecule has 0 aliphatic carbocycles. The normalized spacial score (nSPS) is 9.36. The topological polar surface area (TPSA) is 349 Å². The van der Waals surface area contributed by atoms with E-state index in [2.05, 4.69) is 63.2 Å². The first-order chi connectivity index (χ1) is 38.8. The molecular formula is C55H71N11O15. The molecule has 26 heteroatoms. The number of benzene rings is 5. The monoisotopic (exact) mass is 1130 g/mol. The molecule has 0 saturated heterocycles. The Morgan fingerprint density at radius 3 is 0.988 bits per heavy atom. The van der Waals surface area contributed by atoms with Gasteiger partial charge in [0.15, 0.2) is 0 Å². The second-order valence-corrected chi connectivity index (χ2v) is 15.3. The molecule has 0 radical (unpaired) electrons. The highest BCUT2D eigenvalue weighted by atomic mass is 16.6. The fourth-order valence-corrected chi connectivity index (χ4v) is 5.58. The van der Waals surface area contributed by atoms with Gasteiger partial charge >= 0.3 is 36.5 Å². The molecule has 0 atom stereocenters. The molecule has 0 bridgehead atoms. The predicted molar refractivity (Wildman–Crippen MR) is 304 cm³/mol. The number of nitrogens with one attached hydrogen (secondary N) is 11. The molecule has 81 heavy (non-hydrogen) atoms. The first kappa shape index (κ1) is 68.6. The van der Waals surface area contributed by atoms with Crippen LogP contribution in [-0.4, -0.2) is 128 Å². The van der Waals surface area contributed by atoms with Crippen molar-refractivity contribution in [2.45, 2.75) is 34.6 Å². The van der Waals surface area contributed by atoms with Gasteiger partial charge < -0.3 is 71.5 Å². The molecule has 0 heterocycles. The van der Waals surface area contributed by atoms with E-state index >= 15 is 0 Å². The lowest BCUT2D eigenvalue weighted by atomic mass is 10.1. The van der Waals surface area contributed by atoms with Crippen LogP contribution in [0.15, 0.2) is 121 Å². The van der Waals surface area contributed by atoms with Gasteiger partial charge in [0.2, 0.25) is 0 Å². The van der Waals surface area contributed by atoms with Crippen LogP contribution in [0.1, 0.15) is 76.1 Å². The van der Waals surface area contributed by atoms with E-state index < -0.39 is 30.5 Å². The van der Waals surface area contributed by atoms with Crippen LogP contribution >= 0.6 is 0 Å². The fourth-order valence-electron chi connectivity index (χ4n) is 5.58. The van der Waals surface area contributed by atoms with E-state index in [0.717, 1.165) is 0 Å². The summed E-state index contributed by atoms with van der Waals surface area (Å²) in [6.45, 7) is 11.5. The van der Waals surface area contributed by atoms with E-state index in [0.29, 0.717) is 89.4 Å². The van der Waals surface area contributed by atoms with Crippen molar-refractivity contribution in [2.24, 2.45) is 0 Å². The van der Waals surface area contributed by atoms with Crippen LogP contribution in [0.25, 0.3) is 0 Å². The Kier molecular flexibility index (Phi) is 33.8. The Morgan fingerprint density at radius 1 is 0.333 bits per heavy atom. The third-order valence-corrected chi connectivity index (χ3v) is 9.43. The number of carbonyl (C=O) groups is 10. The predicted octanol–water partition coefficient (Wildman–Crippen LogP) is 7.08. The van der Waals surface area contributed by atoms with Crippen molar-refractivity contribution in [3.05, 3.63) is 144 Å². The van der Waals surface area contributed by atoms with E-state index in [-0.39, 0.29) is 29.7 Å². The van der Waals surface area contributed by atoms with Gasteiger partial charge in [0.25, 0.3) is 23.6 Å². The van der Waals surface area contributed by atoms with Crippen LogP contribution in [-0.2, 0) is 9.47 Å². The standard InChI is InChI=1S/C11H15N3O2.2C11H14N2O4.C11H14N2O3.C11H14N2O2/c1-3-13-11(16)14-9-6-4-8(5-7-9)10(15)12-2;1-3-17-11(15)13-9-6-4-8(5-7-9)12-10(14)16-2;1-3-13-11(15)17-9-6-4-8(5-7-9)16-10(14)12-2;1-3-13-11(15)16-9-6-4-8(5-7-9)10(14)12-2;1-3-13-11(15)9-6-4-8(5-7-9)10(14)12-2/h4-7H,3H2,1-2H3,(H,12,15)(H2,13,14,16);2*4-7H,3H2,1-2H3,(H,12,14)(H,13,15);4-7H,3H2,1-2H3,(H,12,14)(H,13,15);4-7H,3H2,1-2H3,(H,12,14)(H,13,15). The summed E-state index contributed by atoms with van der Waals surface area (Å²) >= 11 is 0. The zero-order chi connectivity index (χ0) is 60.5. The van der Waals surface area contributed by atoms with Gasteiger partial charge in [-0.1, -0.05) is 0 Å². The van der Waals surface area contributed by atoms with E-state index in [1.807, 2.05) is 13.8 Å². The molecule has 0 aliphatic heterocycles. The molecule has 5 aromatic carbocycles. The average molecular weight is 1130 g/mol. The van der Waals surface area contributed by atoms with Crippen molar-refractivity contribution in [2.75, 3.05) is 84.0 Å². The van der Waals surface area contributed by atoms with Crippen molar-refractivity contribution in [1.82, 2.24) is 42.5 Å². The zero-order valence-electron chi connectivity index (χ0n) is 46.7. The van der Waals surface area contributed by atoms with Crippen LogP contribution in [0.2, 0.25) is 0 Å². The largest absolute Gasteiger partial charge is 0.453 e. The molecule has 0 unspecified atom stereocenters. The Balaban J connectivity index is 0.000000507. The number of methoxy groups -OCH3 is 1. The SMILES string of the molecule is CCNC(=O)Nc1ccc(C(=O)NC)cc1.CCNC(=O)Oc1ccc(C(=O)NC)cc1.CCNC(=O)Oc1ccc(OC(=O)NC)cc1.CCNC(=O)c1ccc(C(=O)NC)cc1.CCOC(=O)Nc1ccc(NC(=O)OC)cc1. The Morgan fingerprint density at radius 2 is 0.642 bits per heavy atom. The average Bonchev–Trinajstić information content (AvgIpc) is 3.47. The number of carbonyl (C=O) groups excluding carboxylic acids is 10. The summed E-state index contributed by atoms with van der Waals surface area (Å²) in [5, 5.41) is 27.8. The molecule has 0 saturated carbocycles. The number of rotatable bonds is 15. The molecule has 436 valence electrons. The molecular weight excluding hydrogens is 1050 g/mol. The Labute approximate surface area is 469 Å². The van der Waals surface area contributed by atoms with Crippen molar-refractivity contribution in [1.29, 1.82) is 0 Å². The molecule has 5 rings (SSSR count). The molecule has 0 aromatic heterocycles. The summed E-state index contributed by atoms with van der Waals surface area (Å²) in [6, 6.07) is 31.9. The third kappa shape index (κ3) is 29.1. The van der Waals surface area contributed by atoms with Crippen molar-refractivity contribution >= 4 is 77.2 Å². The summed E-state index contributed by atoms with van der Waals surface area (Å²) in [5.41, 5.74) is 3.99. The van der Waals surface area contributed by atoms with E-state index in [9.17, 15) is 47.9 Å². The second kappa shape index (κ2) is 39.9. The van der Waals surface area contributed by atoms with Crippen molar-refractivity contribution < 1.29 is 71.6 Å². The minimum absolute atomic E-state index is 0.124. The Hall–Kier alpha value is -10.4. The summed E-state index contributed by atoms with van der Waals surface area (Å²) in [7, 11) is 7.45. The Bertz CT molecular complexity index is 2610. The van der Waals surface area contributed by atoms with Gasteiger partial charge in [-0.2, -0.15) is 0 Å². The number of anilines is 3. The molecule has 0 fully saturated rings. The van der Waals surface area contributed by atoms with Crippen molar-refractivity contribution in [3.8, 4) is 17.2 Å². The van der Waals surface area contributed by atoms with E-state index in [1.54, 1.807) is 139 Å². The quantitative estimate of drug-likeness (QED) is 0.0499. The number of hydrogen-bond donors (Lipinski definition) is 11. The summed E-state index contributed by atoms with van der Waals surface area (Å²) < 4.78 is 23.9. The van der Waals surface area contributed by atoms with Gasteiger partial charge in [-0.05, 0) is 156 Å². The van der Waals surface area contributed by atoms with Crippen molar-refractivity contribution in [3.63, 3.8) is 0 Å². The lowest BCUT2D eigenvalue weighted by Crippen LogP contribution is -2.28. The molecule has 0 spiro atoms. The van der Waals surface area contributed by atoms with Gasteiger partial charge in [-0.25, -0.2) is 28.8 Å². The summed E-state index contributed by atoms with van der Waals surface area (Å²) in [4.78, 5) is 111. The number of hydrogen-bond acceptors (Lipinski definition) is 15. The van der Waals surface area contributed by atoms with Gasteiger partial charge in [-0.3, -0.25) is 29.8 Å². The molecule has 0 aliphatic rings.